The number of rotatable bonds is 4. The third kappa shape index (κ3) is 2.61. The van der Waals surface area contributed by atoms with Crippen LogP contribution in [-0.2, 0) is 24.8 Å². The molecule has 5 heteroatoms. The van der Waals surface area contributed by atoms with E-state index in [1.807, 2.05) is 0 Å². The van der Waals surface area contributed by atoms with Crippen molar-refractivity contribution in [1.82, 2.24) is 20.1 Å². The van der Waals surface area contributed by atoms with Gasteiger partial charge in [-0.05, 0) is 48.6 Å². The second-order valence-corrected chi connectivity index (χ2v) is 7.97. The Kier molecular flexibility index (Phi) is 3.68. The Labute approximate surface area is 148 Å². The number of benzene rings is 1. The number of hydrogen-bond donors (Lipinski definition) is 1. The molecule has 0 bridgehead atoms. The van der Waals surface area contributed by atoms with E-state index >= 15 is 0 Å². The molecule has 1 aromatic carbocycles. The van der Waals surface area contributed by atoms with Gasteiger partial charge < -0.3 is 14.6 Å². The molecule has 0 radical (unpaired) electrons. The Bertz CT molecular complexity index is 774. The summed E-state index contributed by atoms with van der Waals surface area (Å²) < 4.78 is 7.86. The molecule has 1 aromatic heterocycles. The van der Waals surface area contributed by atoms with E-state index < -0.39 is 0 Å². The number of hydrogen-bond acceptors (Lipinski definition) is 4. The van der Waals surface area contributed by atoms with Gasteiger partial charge in [-0.1, -0.05) is 24.3 Å². The summed E-state index contributed by atoms with van der Waals surface area (Å²) in [6.45, 7) is 2.53. The molecule has 132 valence electrons. The Hall–Kier alpha value is -1.72. The van der Waals surface area contributed by atoms with Crippen molar-refractivity contribution in [2.45, 2.75) is 50.6 Å². The summed E-state index contributed by atoms with van der Waals surface area (Å²) in [6.07, 6.45) is 5.95. The highest BCUT2D eigenvalue weighted by Crippen LogP contribution is 2.51. The summed E-state index contributed by atoms with van der Waals surface area (Å²) in [4.78, 5) is 0. The fourth-order valence-corrected chi connectivity index (χ4v) is 4.78. The Morgan fingerprint density at radius 1 is 1.20 bits per heavy atom. The van der Waals surface area contributed by atoms with E-state index in [-0.39, 0.29) is 0 Å². The van der Waals surface area contributed by atoms with E-state index in [1.165, 1.54) is 24.0 Å². The molecule has 25 heavy (non-hydrogen) atoms. The normalized spacial score (nSPS) is 24.6. The fourth-order valence-electron chi connectivity index (χ4n) is 4.78. The van der Waals surface area contributed by atoms with Gasteiger partial charge in [-0.25, -0.2) is 0 Å². The second-order valence-electron chi connectivity index (χ2n) is 7.97. The average molecular weight is 338 g/mol. The van der Waals surface area contributed by atoms with Crippen molar-refractivity contribution in [2.24, 2.45) is 12.5 Å². The van der Waals surface area contributed by atoms with E-state index in [0.717, 1.165) is 50.7 Å². The molecule has 3 aliphatic rings. The van der Waals surface area contributed by atoms with Gasteiger partial charge in [0.2, 0.25) is 0 Å². The first-order chi connectivity index (χ1) is 12.3. The number of nitrogens with zero attached hydrogens (tertiary/aromatic N) is 3. The predicted octanol–water partition coefficient (Wildman–Crippen LogP) is 2.88. The lowest BCUT2D eigenvalue weighted by atomic mass is 9.74. The Balaban J connectivity index is 1.40. The molecule has 1 spiro atoms. The molecule has 1 saturated heterocycles. The van der Waals surface area contributed by atoms with Crippen LogP contribution in [-0.4, -0.2) is 28.0 Å². The lowest BCUT2D eigenvalue weighted by molar-refractivity contribution is -0.000380. The predicted molar refractivity (Wildman–Crippen MR) is 95.2 cm³/mol. The van der Waals surface area contributed by atoms with Gasteiger partial charge in [-0.15, -0.1) is 10.2 Å². The summed E-state index contributed by atoms with van der Waals surface area (Å²) in [7, 11) is 2.11. The zero-order valence-corrected chi connectivity index (χ0v) is 14.9. The monoisotopic (exact) mass is 338 g/mol. The van der Waals surface area contributed by atoms with Crippen LogP contribution in [0.1, 0.15) is 60.4 Å². The highest BCUT2D eigenvalue weighted by molar-refractivity contribution is 5.38. The Morgan fingerprint density at radius 3 is 2.80 bits per heavy atom. The van der Waals surface area contributed by atoms with Crippen LogP contribution < -0.4 is 5.32 Å². The van der Waals surface area contributed by atoms with Crippen LogP contribution in [0.2, 0.25) is 0 Å². The lowest BCUT2D eigenvalue weighted by Crippen LogP contribution is -2.40. The van der Waals surface area contributed by atoms with Crippen LogP contribution in [0, 0.1) is 5.41 Å². The highest BCUT2D eigenvalue weighted by atomic mass is 16.5. The van der Waals surface area contributed by atoms with E-state index in [4.69, 9.17) is 4.74 Å². The van der Waals surface area contributed by atoms with Crippen LogP contribution in [0.5, 0.6) is 0 Å². The summed E-state index contributed by atoms with van der Waals surface area (Å²) in [5.41, 5.74) is 3.26. The average Bonchev–Trinajstić information content (AvgIpc) is 3.35. The van der Waals surface area contributed by atoms with Gasteiger partial charge in [0.05, 0.1) is 6.54 Å². The molecule has 1 saturated carbocycles. The van der Waals surface area contributed by atoms with Gasteiger partial charge in [0.25, 0.3) is 0 Å². The SMILES string of the molecule is Cn1c(CNC2c3ccccc3CC23CCOCC3)nnc1C1CC1. The quantitative estimate of drug-likeness (QED) is 0.931. The molecule has 2 aromatic rings. The zero-order valence-electron chi connectivity index (χ0n) is 14.9. The molecule has 2 aliphatic carbocycles. The molecule has 5 rings (SSSR count). The molecule has 1 atom stereocenters. The molecular weight excluding hydrogens is 312 g/mol. The zero-order chi connectivity index (χ0) is 16.9. The standard InChI is InChI=1S/C20H26N4O/c1-24-17(22-23-19(24)14-6-7-14)13-21-18-16-5-3-2-4-15(16)12-20(18)8-10-25-11-9-20/h2-5,14,18,21H,6-13H2,1H3. The van der Waals surface area contributed by atoms with Gasteiger partial charge in [0.15, 0.2) is 0 Å². The van der Waals surface area contributed by atoms with E-state index in [9.17, 15) is 0 Å². The van der Waals surface area contributed by atoms with Crippen molar-refractivity contribution in [3.63, 3.8) is 0 Å². The Morgan fingerprint density at radius 2 is 2.00 bits per heavy atom. The van der Waals surface area contributed by atoms with Crippen molar-refractivity contribution >= 4 is 0 Å². The number of aromatic nitrogens is 3. The number of fused-ring (bicyclic) bond motifs is 1. The maximum atomic E-state index is 5.67. The first kappa shape index (κ1) is 15.5. The molecular formula is C20H26N4O. The minimum atomic E-state index is 0.292. The number of nitrogens with one attached hydrogen (secondary N) is 1. The fraction of sp³-hybridized carbons (Fsp3) is 0.600. The second kappa shape index (κ2) is 5.92. The summed E-state index contributed by atoms with van der Waals surface area (Å²) in [5.74, 6) is 2.85. The van der Waals surface area contributed by atoms with Crippen molar-refractivity contribution in [3.05, 3.63) is 47.0 Å². The number of ether oxygens (including phenoxy) is 1. The van der Waals surface area contributed by atoms with Crippen LogP contribution in [0.4, 0.5) is 0 Å². The van der Waals surface area contributed by atoms with Crippen LogP contribution in [0.25, 0.3) is 0 Å². The molecule has 2 fully saturated rings. The topological polar surface area (TPSA) is 52.0 Å². The van der Waals surface area contributed by atoms with Crippen LogP contribution in [0.3, 0.4) is 0 Å². The smallest absolute Gasteiger partial charge is 0.146 e. The van der Waals surface area contributed by atoms with Crippen LogP contribution >= 0.6 is 0 Å². The van der Waals surface area contributed by atoms with E-state index in [2.05, 4.69) is 51.4 Å². The minimum Gasteiger partial charge on any atom is -0.381 e. The minimum absolute atomic E-state index is 0.292. The highest BCUT2D eigenvalue weighted by Gasteiger charge is 2.46. The molecule has 1 unspecified atom stereocenters. The van der Waals surface area contributed by atoms with Gasteiger partial charge in [0.1, 0.15) is 11.6 Å². The maximum Gasteiger partial charge on any atom is 0.146 e. The van der Waals surface area contributed by atoms with Gasteiger partial charge in [-0.3, -0.25) is 0 Å². The van der Waals surface area contributed by atoms with Gasteiger partial charge in [-0.2, -0.15) is 0 Å². The molecule has 0 amide bonds. The van der Waals surface area contributed by atoms with Crippen molar-refractivity contribution < 1.29 is 4.74 Å². The van der Waals surface area contributed by atoms with Crippen molar-refractivity contribution in [2.75, 3.05) is 13.2 Å². The molecule has 1 N–H and O–H groups in total. The van der Waals surface area contributed by atoms with Crippen molar-refractivity contribution in [1.29, 1.82) is 0 Å². The third-order valence-electron chi connectivity index (χ3n) is 6.42. The summed E-state index contributed by atoms with van der Waals surface area (Å²) in [6, 6.07) is 9.30. The summed E-state index contributed by atoms with van der Waals surface area (Å²) >= 11 is 0. The first-order valence-electron chi connectivity index (χ1n) is 9.54. The molecule has 1 aliphatic heterocycles. The maximum absolute atomic E-state index is 5.67. The van der Waals surface area contributed by atoms with E-state index in [0.29, 0.717) is 17.4 Å². The largest absolute Gasteiger partial charge is 0.381 e. The summed E-state index contributed by atoms with van der Waals surface area (Å²) in [5, 5.41) is 12.7. The van der Waals surface area contributed by atoms with Gasteiger partial charge in [0, 0.05) is 32.2 Å². The molecule has 5 nitrogen and oxygen atoms in total. The first-order valence-corrected chi connectivity index (χ1v) is 9.54. The third-order valence-corrected chi connectivity index (χ3v) is 6.42. The lowest BCUT2D eigenvalue weighted by Gasteiger charge is -2.39. The van der Waals surface area contributed by atoms with Crippen LogP contribution in [0.15, 0.2) is 24.3 Å². The van der Waals surface area contributed by atoms with Gasteiger partial charge >= 0.3 is 0 Å². The van der Waals surface area contributed by atoms with E-state index in [1.54, 1.807) is 0 Å². The van der Waals surface area contributed by atoms with Crippen molar-refractivity contribution in [3.8, 4) is 0 Å². The molecule has 2 heterocycles.